The Morgan fingerprint density at radius 1 is 0.968 bits per heavy atom. The van der Waals surface area contributed by atoms with Crippen molar-refractivity contribution in [3.8, 4) is 17.2 Å². The number of piperidine rings is 1. The van der Waals surface area contributed by atoms with E-state index in [0.29, 0.717) is 23.3 Å². The number of hydrogen-bond donors (Lipinski definition) is 0. The zero-order chi connectivity index (χ0) is 22.5. The van der Waals surface area contributed by atoms with Crippen molar-refractivity contribution in [2.75, 3.05) is 60.6 Å². The van der Waals surface area contributed by atoms with Crippen LogP contribution in [0.25, 0.3) is 0 Å². The molecule has 2 fully saturated rings. The largest absolute Gasteiger partial charge is 0.493 e. The molecule has 7 nitrogen and oxygen atoms in total. The monoisotopic (exact) mass is 433 g/mol. The molecule has 0 spiro atoms. The number of likely N-dealkylation sites (tertiary alicyclic amines) is 1. The molecule has 0 saturated carbocycles. The minimum absolute atomic E-state index is 0.0599. The highest BCUT2D eigenvalue weighted by molar-refractivity contribution is 5.81. The van der Waals surface area contributed by atoms with Crippen LogP contribution in [0.15, 0.2) is 12.1 Å². The molecule has 3 rings (SSSR count). The zero-order valence-electron chi connectivity index (χ0n) is 20.0. The topological polar surface area (TPSA) is 54.5 Å². The quantitative estimate of drug-likeness (QED) is 0.659. The summed E-state index contributed by atoms with van der Waals surface area (Å²) in [6.45, 7) is 12.8. The van der Waals surface area contributed by atoms with Gasteiger partial charge in [0.25, 0.3) is 0 Å². The summed E-state index contributed by atoms with van der Waals surface area (Å²) in [4.78, 5) is 19.9. The molecule has 31 heavy (non-hydrogen) atoms. The highest BCUT2D eigenvalue weighted by atomic mass is 16.5. The van der Waals surface area contributed by atoms with Gasteiger partial charge in [-0.15, -0.1) is 0 Å². The SMILES string of the molecule is COc1ccc(CN2CCN([C@H](C)C(=O)N3C[C@H](C)C[C@H](C)C3)CC2)c(OC)c1OC. The van der Waals surface area contributed by atoms with E-state index in [0.717, 1.165) is 57.1 Å². The van der Waals surface area contributed by atoms with Crippen LogP contribution in [-0.2, 0) is 11.3 Å². The molecule has 2 heterocycles. The number of nitrogens with zero attached hydrogens (tertiary/aromatic N) is 3. The number of carbonyl (C=O) groups excluding carboxylic acids is 1. The van der Waals surface area contributed by atoms with Crippen molar-refractivity contribution in [2.24, 2.45) is 11.8 Å². The maximum absolute atomic E-state index is 13.1. The van der Waals surface area contributed by atoms with Gasteiger partial charge in [0.15, 0.2) is 11.5 Å². The van der Waals surface area contributed by atoms with Gasteiger partial charge < -0.3 is 19.1 Å². The van der Waals surface area contributed by atoms with Gasteiger partial charge in [0.05, 0.1) is 27.4 Å². The van der Waals surface area contributed by atoms with Crippen molar-refractivity contribution >= 4 is 5.91 Å². The molecule has 1 aromatic carbocycles. The first kappa shape index (κ1) is 23.7. The van der Waals surface area contributed by atoms with Crippen molar-refractivity contribution in [1.82, 2.24) is 14.7 Å². The summed E-state index contributed by atoms with van der Waals surface area (Å²) >= 11 is 0. The predicted molar refractivity (Wildman–Crippen MR) is 122 cm³/mol. The van der Waals surface area contributed by atoms with Crippen molar-refractivity contribution in [1.29, 1.82) is 0 Å². The lowest BCUT2D eigenvalue weighted by molar-refractivity contribution is -0.139. The number of hydrogen-bond acceptors (Lipinski definition) is 6. The summed E-state index contributed by atoms with van der Waals surface area (Å²) < 4.78 is 16.5. The Hall–Kier alpha value is -1.99. The van der Waals surface area contributed by atoms with E-state index in [1.165, 1.54) is 6.42 Å². The molecule has 2 aliphatic heterocycles. The van der Waals surface area contributed by atoms with E-state index in [-0.39, 0.29) is 11.9 Å². The lowest BCUT2D eigenvalue weighted by Gasteiger charge is -2.41. The Bertz CT molecular complexity index is 739. The Morgan fingerprint density at radius 3 is 2.13 bits per heavy atom. The number of methoxy groups -OCH3 is 3. The highest BCUT2D eigenvalue weighted by Gasteiger charge is 2.32. The fourth-order valence-corrected chi connectivity index (χ4v) is 5.10. The molecule has 0 bridgehead atoms. The van der Waals surface area contributed by atoms with Gasteiger partial charge >= 0.3 is 0 Å². The molecule has 0 aromatic heterocycles. The molecule has 1 amide bonds. The third kappa shape index (κ3) is 5.44. The number of piperazine rings is 1. The van der Waals surface area contributed by atoms with Gasteiger partial charge in [0.2, 0.25) is 11.7 Å². The zero-order valence-corrected chi connectivity index (χ0v) is 20.0. The fourth-order valence-electron chi connectivity index (χ4n) is 5.10. The Morgan fingerprint density at radius 2 is 1.58 bits per heavy atom. The third-order valence-corrected chi connectivity index (χ3v) is 6.67. The maximum atomic E-state index is 13.1. The molecular weight excluding hydrogens is 394 g/mol. The Balaban J connectivity index is 1.58. The van der Waals surface area contributed by atoms with Crippen LogP contribution in [0.4, 0.5) is 0 Å². The van der Waals surface area contributed by atoms with Gasteiger partial charge in [-0.2, -0.15) is 0 Å². The van der Waals surface area contributed by atoms with Gasteiger partial charge in [-0.3, -0.25) is 14.6 Å². The van der Waals surface area contributed by atoms with E-state index in [4.69, 9.17) is 14.2 Å². The summed E-state index contributed by atoms with van der Waals surface area (Å²) in [6, 6.07) is 3.90. The first-order chi connectivity index (χ1) is 14.9. The van der Waals surface area contributed by atoms with Gasteiger partial charge in [-0.1, -0.05) is 19.9 Å². The molecule has 2 saturated heterocycles. The van der Waals surface area contributed by atoms with Crippen molar-refractivity contribution < 1.29 is 19.0 Å². The smallest absolute Gasteiger partial charge is 0.239 e. The van der Waals surface area contributed by atoms with E-state index in [9.17, 15) is 4.79 Å². The lowest BCUT2D eigenvalue weighted by Crippen LogP contribution is -2.56. The summed E-state index contributed by atoms with van der Waals surface area (Å²) in [5.74, 6) is 3.49. The van der Waals surface area contributed by atoms with E-state index in [1.807, 2.05) is 12.1 Å². The predicted octanol–water partition coefficient (Wildman–Crippen LogP) is 2.72. The second-order valence-electron chi connectivity index (χ2n) is 9.17. The van der Waals surface area contributed by atoms with Crippen LogP contribution < -0.4 is 14.2 Å². The van der Waals surface area contributed by atoms with Crippen molar-refractivity contribution in [3.63, 3.8) is 0 Å². The molecule has 7 heteroatoms. The minimum Gasteiger partial charge on any atom is -0.493 e. The summed E-state index contributed by atoms with van der Waals surface area (Å²) in [5.41, 5.74) is 1.08. The summed E-state index contributed by atoms with van der Waals surface area (Å²) in [7, 11) is 4.92. The van der Waals surface area contributed by atoms with Crippen LogP contribution in [-0.4, -0.2) is 87.2 Å². The Kier molecular flexibility index (Phi) is 8.06. The van der Waals surface area contributed by atoms with E-state index in [2.05, 4.69) is 35.5 Å². The molecule has 2 aliphatic rings. The standard InChI is InChI=1S/C24H39N3O4/c1-17-13-18(2)15-27(14-17)24(28)19(3)26-11-9-25(10-12-26)16-20-7-8-21(29-4)23(31-6)22(20)30-5/h7-8,17-19H,9-16H2,1-6H3/t17-,18+,19-/m1/s1. The van der Waals surface area contributed by atoms with Crippen LogP contribution in [0.5, 0.6) is 17.2 Å². The maximum Gasteiger partial charge on any atom is 0.239 e. The van der Waals surface area contributed by atoms with E-state index >= 15 is 0 Å². The van der Waals surface area contributed by atoms with E-state index < -0.39 is 0 Å². The fraction of sp³-hybridized carbons (Fsp3) is 0.708. The van der Waals surface area contributed by atoms with Crippen LogP contribution in [0.3, 0.4) is 0 Å². The number of ether oxygens (including phenoxy) is 3. The van der Waals surface area contributed by atoms with Gasteiger partial charge in [-0.25, -0.2) is 0 Å². The molecule has 174 valence electrons. The van der Waals surface area contributed by atoms with Crippen molar-refractivity contribution in [2.45, 2.75) is 39.8 Å². The number of carbonyl (C=O) groups is 1. The summed E-state index contributed by atoms with van der Waals surface area (Å²) in [6.07, 6.45) is 1.22. The number of rotatable bonds is 7. The van der Waals surface area contributed by atoms with E-state index in [1.54, 1.807) is 21.3 Å². The second kappa shape index (κ2) is 10.6. The van der Waals surface area contributed by atoms with Crippen LogP contribution in [0.1, 0.15) is 32.8 Å². The van der Waals surface area contributed by atoms with Crippen LogP contribution in [0.2, 0.25) is 0 Å². The van der Waals surface area contributed by atoms with Crippen LogP contribution >= 0.6 is 0 Å². The first-order valence-corrected chi connectivity index (χ1v) is 11.4. The first-order valence-electron chi connectivity index (χ1n) is 11.4. The molecule has 3 atom stereocenters. The molecule has 0 unspecified atom stereocenters. The Labute approximate surface area is 187 Å². The average molecular weight is 434 g/mol. The molecule has 0 N–H and O–H groups in total. The summed E-state index contributed by atoms with van der Waals surface area (Å²) in [5, 5.41) is 0. The van der Waals surface area contributed by atoms with Gasteiger partial charge in [-0.05, 0) is 31.2 Å². The minimum atomic E-state index is -0.0599. The lowest BCUT2D eigenvalue weighted by atomic mass is 9.91. The van der Waals surface area contributed by atoms with Crippen molar-refractivity contribution in [3.05, 3.63) is 17.7 Å². The van der Waals surface area contributed by atoms with Gasteiger partial charge in [0.1, 0.15) is 0 Å². The second-order valence-corrected chi connectivity index (χ2v) is 9.17. The molecule has 0 radical (unpaired) electrons. The number of amides is 1. The highest BCUT2D eigenvalue weighted by Crippen LogP contribution is 2.40. The average Bonchev–Trinajstić information content (AvgIpc) is 2.77. The third-order valence-electron chi connectivity index (χ3n) is 6.67. The van der Waals surface area contributed by atoms with Crippen LogP contribution in [0, 0.1) is 11.8 Å². The molecule has 1 aromatic rings. The molecule has 0 aliphatic carbocycles. The number of benzene rings is 1. The normalized spacial score (nSPS) is 24.0. The van der Waals surface area contributed by atoms with Gasteiger partial charge in [0, 0.05) is 51.4 Å². The molecular formula is C24H39N3O4.